The van der Waals surface area contributed by atoms with E-state index in [9.17, 15) is 13.2 Å². The fourth-order valence-corrected chi connectivity index (χ4v) is 1.76. The van der Waals surface area contributed by atoms with Gasteiger partial charge in [0.15, 0.2) is 5.75 Å². The smallest absolute Gasteiger partial charge is 0.319 e. The number of carboxylic acid groups (broad SMARTS) is 1. The minimum Gasteiger partial charge on any atom is -0.480 e. The quantitative estimate of drug-likeness (QED) is 0.763. The molecule has 81 valence electrons. The van der Waals surface area contributed by atoms with Gasteiger partial charge in [-0.15, -0.1) is 0 Å². The van der Waals surface area contributed by atoms with E-state index in [4.69, 9.17) is 16.7 Å². The van der Waals surface area contributed by atoms with Crippen molar-refractivity contribution in [3.05, 3.63) is 16.9 Å². The van der Waals surface area contributed by atoms with E-state index in [1.165, 1.54) is 6.92 Å². The molecule has 15 heavy (non-hydrogen) atoms. The van der Waals surface area contributed by atoms with Crippen molar-refractivity contribution in [2.75, 3.05) is 5.75 Å². The highest BCUT2D eigenvalue weighted by molar-refractivity contribution is 7.91. The van der Waals surface area contributed by atoms with Gasteiger partial charge in [-0.3, -0.25) is 4.79 Å². The maximum Gasteiger partial charge on any atom is 0.319 e. The summed E-state index contributed by atoms with van der Waals surface area (Å²) in [6, 6.07) is 0. The van der Waals surface area contributed by atoms with Crippen molar-refractivity contribution in [2.45, 2.75) is 12.1 Å². The molecular weight excluding hydrogens is 244 g/mol. The number of aryl methyl sites for hydroxylation is 1. The number of halogens is 1. The molecule has 1 heterocycles. The third-order valence-electron chi connectivity index (χ3n) is 1.42. The molecule has 8 heteroatoms. The van der Waals surface area contributed by atoms with Crippen molar-refractivity contribution in [2.24, 2.45) is 0 Å². The van der Waals surface area contributed by atoms with Crippen LogP contribution in [0.3, 0.4) is 0 Å². The monoisotopic (exact) mass is 249 g/mol. The van der Waals surface area contributed by atoms with Crippen LogP contribution < -0.4 is 0 Å². The van der Waals surface area contributed by atoms with Gasteiger partial charge in [0.25, 0.3) is 0 Å². The molecule has 1 N–H and O–H groups in total. The first kappa shape index (κ1) is 11.9. The van der Waals surface area contributed by atoms with Crippen LogP contribution >= 0.6 is 11.6 Å². The summed E-state index contributed by atoms with van der Waals surface area (Å²) in [4.78, 5) is 17.2. The number of carboxylic acids is 1. The SMILES string of the molecule is Cc1nc(S(=O)(=O)CC(=O)O)n[c]c1Cl. The Morgan fingerprint density at radius 3 is 2.67 bits per heavy atom. The predicted molar refractivity (Wildman–Crippen MR) is 50.3 cm³/mol. The second-order valence-electron chi connectivity index (χ2n) is 2.67. The third-order valence-corrected chi connectivity index (χ3v) is 3.15. The number of rotatable bonds is 3. The summed E-state index contributed by atoms with van der Waals surface area (Å²) in [7, 11) is -4.01. The minimum atomic E-state index is -4.01. The Labute approximate surface area is 90.8 Å². The molecule has 0 fully saturated rings. The summed E-state index contributed by atoms with van der Waals surface area (Å²) < 4.78 is 22.7. The summed E-state index contributed by atoms with van der Waals surface area (Å²) in [5.74, 6) is -2.52. The van der Waals surface area contributed by atoms with Gasteiger partial charge in [0, 0.05) is 0 Å². The molecule has 0 aliphatic heterocycles. The zero-order valence-electron chi connectivity index (χ0n) is 7.56. The van der Waals surface area contributed by atoms with Gasteiger partial charge in [-0.25, -0.2) is 18.4 Å². The highest BCUT2D eigenvalue weighted by Crippen LogP contribution is 2.12. The highest BCUT2D eigenvalue weighted by atomic mass is 35.5. The zero-order chi connectivity index (χ0) is 11.6. The standard InChI is InChI=1S/C7H6ClN2O4S/c1-4-5(8)2-9-7(10-4)15(13,14)3-6(11)12/h3H2,1H3,(H,11,12). The van der Waals surface area contributed by atoms with Crippen molar-refractivity contribution in [3.63, 3.8) is 0 Å². The van der Waals surface area contributed by atoms with Crippen LogP contribution in [-0.4, -0.2) is 35.2 Å². The van der Waals surface area contributed by atoms with Gasteiger partial charge in [-0.1, -0.05) is 11.6 Å². The lowest BCUT2D eigenvalue weighted by molar-refractivity contribution is -0.134. The van der Waals surface area contributed by atoms with E-state index in [-0.39, 0.29) is 10.7 Å². The first-order valence-corrected chi connectivity index (χ1v) is 5.72. The van der Waals surface area contributed by atoms with Crippen molar-refractivity contribution in [1.82, 2.24) is 9.97 Å². The molecule has 0 aliphatic rings. The lowest BCUT2D eigenvalue weighted by Crippen LogP contribution is -2.18. The topological polar surface area (TPSA) is 97.2 Å². The lowest BCUT2D eigenvalue weighted by atomic mass is 10.5. The lowest BCUT2D eigenvalue weighted by Gasteiger charge is -2.01. The van der Waals surface area contributed by atoms with E-state index < -0.39 is 26.7 Å². The van der Waals surface area contributed by atoms with E-state index in [1.807, 2.05) is 0 Å². The van der Waals surface area contributed by atoms with Crippen LogP contribution in [0.2, 0.25) is 5.02 Å². The average Bonchev–Trinajstić information content (AvgIpc) is 2.07. The average molecular weight is 250 g/mol. The molecule has 0 amide bonds. The Morgan fingerprint density at radius 2 is 2.20 bits per heavy atom. The molecule has 0 saturated carbocycles. The van der Waals surface area contributed by atoms with Crippen LogP contribution in [0.25, 0.3) is 0 Å². The first-order chi connectivity index (χ1) is 6.83. The van der Waals surface area contributed by atoms with Gasteiger partial charge in [0.2, 0.25) is 15.0 Å². The molecule has 0 spiro atoms. The van der Waals surface area contributed by atoms with Crippen LogP contribution in [0.4, 0.5) is 0 Å². The van der Waals surface area contributed by atoms with Crippen molar-refractivity contribution >= 4 is 27.4 Å². The van der Waals surface area contributed by atoms with E-state index in [2.05, 4.69) is 16.2 Å². The van der Waals surface area contributed by atoms with Gasteiger partial charge in [-0.2, -0.15) is 0 Å². The van der Waals surface area contributed by atoms with Gasteiger partial charge in [0.1, 0.15) is 6.20 Å². The number of carbonyl (C=O) groups is 1. The predicted octanol–water partition coefficient (Wildman–Crippen LogP) is 0.0969. The van der Waals surface area contributed by atoms with Gasteiger partial charge < -0.3 is 5.11 Å². The van der Waals surface area contributed by atoms with Crippen molar-refractivity contribution in [3.8, 4) is 0 Å². The molecule has 1 aromatic rings. The second kappa shape index (κ2) is 4.11. The van der Waals surface area contributed by atoms with Crippen LogP contribution in [0, 0.1) is 13.1 Å². The molecule has 0 bridgehead atoms. The van der Waals surface area contributed by atoms with Crippen LogP contribution in [0.1, 0.15) is 5.69 Å². The normalized spacial score (nSPS) is 11.3. The van der Waals surface area contributed by atoms with Gasteiger partial charge in [-0.05, 0) is 6.92 Å². The minimum absolute atomic E-state index is 0.101. The number of aromatic nitrogens is 2. The Morgan fingerprint density at radius 1 is 1.60 bits per heavy atom. The molecule has 0 aliphatic carbocycles. The third kappa shape index (κ3) is 2.87. The summed E-state index contributed by atoms with van der Waals surface area (Å²) in [5.41, 5.74) is 0.232. The second-order valence-corrected chi connectivity index (χ2v) is 4.93. The van der Waals surface area contributed by atoms with Crippen LogP contribution in [-0.2, 0) is 14.6 Å². The van der Waals surface area contributed by atoms with E-state index in [0.29, 0.717) is 0 Å². The van der Waals surface area contributed by atoms with E-state index in [0.717, 1.165) is 0 Å². The Hall–Kier alpha value is -1.21. The van der Waals surface area contributed by atoms with Crippen molar-refractivity contribution in [1.29, 1.82) is 0 Å². The number of hydrogen-bond acceptors (Lipinski definition) is 5. The van der Waals surface area contributed by atoms with Crippen LogP contribution in [0.5, 0.6) is 0 Å². The number of hydrogen-bond donors (Lipinski definition) is 1. The van der Waals surface area contributed by atoms with E-state index >= 15 is 0 Å². The zero-order valence-corrected chi connectivity index (χ0v) is 9.13. The molecule has 0 saturated heterocycles. The fraction of sp³-hybridized carbons (Fsp3) is 0.286. The Kier molecular flexibility index (Phi) is 3.25. The largest absolute Gasteiger partial charge is 0.480 e. The van der Waals surface area contributed by atoms with Crippen LogP contribution in [0.15, 0.2) is 5.16 Å². The first-order valence-electron chi connectivity index (χ1n) is 3.69. The number of sulfone groups is 1. The van der Waals surface area contributed by atoms with E-state index in [1.54, 1.807) is 0 Å². The number of nitrogens with zero attached hydrogens (tertiary/aromatic N) is 2. The molecule has 0 unspecified atom stereocenters. The van der Waals surface area contributed by atoms with Gasteiger partial charge >= 0.3 is 5.97 Å². The van der Waals surface area contributed by atoms with Crippen molar-refractivity contribution < 1.29 is 18.3 Å². The summed E-state index contributed by atoms with van der Waals surface area (Å²) in [6.07, 6.45) is 2.23. The maximum absolute atomic E-state index is 11.3. The molecule has 0 atom stereocenters. The fourth-order valence-electron chi connectivity index (χ4n) is 0.762. The Balaban J connectivity index is 3.17. The van der Waals surface area contributed by atoms with Gasteiger partial charge in [0.05, 0.1) is 10.7 Å². The summed E-state index contributed by atoms with van der Waals surface area (Å²) in [6.45, 7) is 1.47. The molecule has 1 aromatic heterocycles. The molecule has 6 nitrogen and oxygen atoms in total. The number of aliphatic carboxylic acids is 1. The molecule has 1 radical (unpaired) electrons. The molecule has 0 aromatic carbocycles. The summed E-state index contributed by atoms with van der Waals surface area (Å²) >= 11 is 5.54. The molecular formula is C7H6ClN2O4S. The highest BCUT2D eigenvalue weighted by Gasteiger charge is 2.22. The maximum atomic E-state index is 11.3. The summed E-state index contributed by atoms with van der Waals surface area (Å²) in [5, 5.41) is 7.89. The molecule has 1 rings (SSSR count). The Bertz CT molecular complexity index is 500.